The lowest BCUT2D eigenvalue weighted by atomic mass is 9.47. The molecule has 0 aromatic rings. The van der Waals surface area contributed by atoms with Crippen LogP contribution in [0.2, 0.25) is 0 Å². The number of carbonyl (C=O) groups is 1. The minimum absolute atomic E-state index is 0.0101. The van der Waals surface area contributed by atoms with E-state index in [9.17, 15) is 4.79 Å². The Hall–Kier alpha value is -0.410. The lowest BCUT2D eigenvalue weighted by Crippen LogP contribution is -2.64. The lowest BCUT2D eigenvalue weighted by Gasteiger charge is -2.62. The van der Waals surface area contributed by atoms with Crippen molar-refractivity contribution in [3.8, 4) is 0 Å². The van der Waals surface area contributed by atoms with Gasteiger partial charge in [-0.25, -0.2) is 0 Å². The third-order valence-corrected chi connectivity index (χ3v) is 6.51. The van der Waals surface area contributed by atoms with E-state index in [2.05, 4.69) is 4.90 Å². The molecule has 1 aliphatic heterocycles. The molecule has 5 rings (SSSR count). The molecule has 19 heavy (non-hydrogen) atoms. The highest BCUT2D eigenvalue weighted by atomic mass is 16.1. The minimum atomic E-state index is 0.0101. The molecule has 0 aromatic heterocycles. The van der Waals surface area contributed by atoms with Gasteiger partial charge in [-0.3, -0.25) is 4.90 Å². The first-order valence-electron chi connectivity index (χ1n) is 8.16. The molecule has 2 N–H and O–H groups in total. The Labute approximate surface area is 115 Å². The number of aldehydes is 1. The van der Waals surface area contributed by atoms with Crippen molar-refractivity contribution in [3.63, 3.8) is 0 Å². The van der Waals surface area contributed by atoms with Gasteiger partial charge in [0.15, 0.2) is 0 Å². The van der Waals surface area contributed by atoms with Gasteiger partial charge in [-0.15, -0.1) is 0 Å². The van der Waals surface area contributed by atoms with Crippen LogP contribution in [0, 0.1) is 23.2 Å². The fourth-order valence-corrected chi connectivity index (χ4v) is 6.10. The largest absolute Gasteiger partial charge is 0.328 e. The van der Waals surface area contributed by atoms with Gasteiger partial charge in [-0.1, -0.05) is 0 Å². The highest BCUT2D eigenvalue weighted by Gasteiger charge is 2.58. The van der Waals surface area contributed by atoms with E-state index >= 15 is 0 Å². The van der Waals surface area contributed by atoms with Crippen molar-refractivity contribution in [3.05, 3.63) is 0 Å². The lowest BCUT2D eigenvalue weighted by molar-refractivity contribution is -0.152. The van der Waals surface area contributed by atoms with Crippen molar-refractivity contribution in [2.24, 2.45) is 28.9 Å². The Morgan fingerprint density at radius 2 is 1.68 bits per heavy atom. The monoisotopic (exact) mass is 262 g/mol. The molecule has 3 nitrogen and oxygen atoms in total. The molecular weight excluding hydrogens is 236 g/mol. The van der Waals surface area contributed by atoms with Crippen molar-refractivity contribution in [2.45, 2.75) is 57.0 Å². The van der Waals surface area contributed by atoms with E-state index in [0.717, 1.165) is 43.7 Å². The van der Waals surface area contributed by atoms with Gasteiger partial charge in [0, 0.05) is 17.5 Å². The first-order valence-corrected chi connectivity index (χ1v) is 8.16. The number of likely N-dealkylation sites (tertiary alicyclic amines) is 1. The van der Waals surface area contributed by atoms with Crippen molar-refractivity contribution < 1.29 is 4.79 Å². The normalized spacial score (nSPS) is 50.6. The second-order valence-corrected chi connectivity index (χ2v) is 7.78. The summed E-state index contributed by atoms with van der Waals surface area (Å²) >= 11 is 0. The summed E-state index contributed by atoms with van der Waals surface area (Å²) in [5.74, 6) is 2.50. The fraction of sp³-hybridized carbons (Fsp3) is 0.938. The second kappa shape index (κ2) is 4.29. The number of nitrogens with two attached hydrogens (primary N) is 1. The van der Waals surface area contributed by atoms with Crippen LogP contribution in [0.4, 0.5) is 0 Å². The zero-order valence-corrected chi connectivity index (χ0v) is 11.8. The van der Waals surface area contributed by atoms with Crippen LogP contribution in [-0.4, -0.2) is 36.4 Å². The van der Waals surface area contributed by atoms with E-state index in [1.807, 2.05) is 0 Å². The molecule has 4 aliphatic carbocycles. The Balaban J connectivity index is 1.61. The summed E-state index contributed by atoms with van der Waals surface area (Å²) in [6.07, 6.45) is 10.1. The van der Waals surface area contributed by atoms with Crippen LogP contribution in [0.3, 0.4) is 0 Å². The quantitative estimate of drug-likeness (QED) is 0.772. The Kier molecular flexibility index (Phi) is 2.79. The smallest absolute Gasteiger partial charge is 0.127 e. The van der Waals surface area contributed by atoms with Crippen LogP contribution in [0.25, 0.3) is 0 Å². The number of hydrogen-bond acceptors (Lipinski definition) is 3. The second-order valence-electron chi connectivity index (χ2n) is 7.78. The standard InChI is InChI=1S/C16H26N2O/c17-14-1-3-18(4-2-14)15-13-6-11-5-12(7-13)9-16(15,8-11)10-19/h10-15H,1-9,17H2. The average molecular weight is 262 g/mol. The number of piperidine rings is 1. The predicted octanol–water partition coefficient (Wildman–Crippen LogP) is 1.80. The van der Waals surface area contributed by atoms with Crippen LogP contribution in [0.5, 0.6) is 0 Å². The summed E-state index contributed by atoms with van der Waals surface area (Å²) in [6.45, 7) is 2.24. The van der Waals surface area contributed by atoms with Gasteiger partial charge in [0.2, 0.25) is 0 Å². The van der Waals surface area contributed by atoms with Crippen molar-refractivity contribution in [1.29, 1.82) is 0 Å². The topological polar surface area (TPSA) is 46.3 Å². The SMILES string of the molecule is NC1CCN(C2C3CC4CC(C3)CC2(C=O)C4)CC1. The summed E-state index contributed by atoms with van der Waals surface area (Å²) in [6, 6.07) is 0.936. The summed E-state index contributed by atoms with van der Waals surface area (Å²) < 4.78 is 0. The number of rotatable bonds is 2. The molecule has 3 unspecified atom stereocenters. The number of nitrogens with zero attached hydrogens (tertiary/aromatic N) is 1. The average Bonchev–Trinajstić information content (AvgIpc) is 2.39. The number of carbonyl (C=O) groups excluding carboxylic acids is 1. The molecule has 1 saturated heterocycles. The first kappa shape index (κ1) is 12.3. The van der Waals surface area contributed by atoms with Crippen LogP contribution in [0.1, 0.15) is 44.9 Å². The molecule has 5 aliphatic rings. The number of hydrogen-bond donors (Lipinski definition) is 1. The van der Waals surface area contributed by atoms with Gasteiger partial charge >= 0.3 is 0 Å². The minimum Gasteiger partial charge on any atom is -0.328 e. The summed E-state index contributed by atoms with van der Waals surface area (Å²) in [7, 11) is 0. The predicted molar refractivity (Wildman–Crippen MR) is 74.6 cm³/mol. The Bertz CT molecular complexity index is 361. The summed E-state index contributed by atoms with van der Waals surface area (Å²) in [5, 5.41) is 0. The van der Waals surface area contributed by atoms with E-state index < -0.39 is 0 Å². The van der Waals surface area contributed by atoms with Crippen LogP contribution in [-0.2, 0) is 4.79 Å². The molecule has 0 radical (unpaired) electrons. The summed E-state index contributed by atoms with van der Waals surface area (Å²) in [5.41, 5.74) is 6.05. The van der Waals surface area contributed by atoms with E-state index in [4.69, 9.17) is 5.73 Å². The van der Waals surface area contributed by atoms with Gasteiger partial charge in [-0.2, -0.15) is 0 Å². The molecule has 3 heteroatoms. The van der Waals surface area contributed by atoms with Crippen LogP contribution >= 0.6 is 0 Å². The van der Waals surface area contributed by atoms with Crippen LogP contribution < -0.4 is 5.73 Å². The molecule has 0 aromatic carbocycles. The zero-order valence-electron chi connectivity index (χ0n) is 11.8. The Morgan fingerprint density at radius 3 is 2.26 bits per heavy atom. The maximum atomic E-state index is 11.9. The van der Waals surface area contributed by atoms with Crippen molar-refractivity contribution in [2.75, 3.05) is 13.1 Å². The highest BCUT2D eigenvalue weighted by Crippen LogP contribution is 2.60. The molecule has 4 saturated carbocycles. The highest BCUT2D eigenvalue weighted by molar-refractivity contribution is 5.62. The molecule has 0 spiro atoms. The molecule has 4 bridgehead atoms. The maximum Gasteiger partial charge on any atom is 0.127 e. The molecule has 0 amide bonds. The van der Waals surface area contributed by atoms with Crippen molar-refractivity contribution in [1.82, 2.24) is 4.90 Å². The van der Waals surface area contributed by atoms with E-state index in [1.54, 1.807) is 0 Å². The maximum absolute atomic E-state index is 11.9. The molecular formula is C16H26N2O. The molecule has 1 heterocycles. The van der Waals surface area contributed by atoms with Crippen molar-refractivity contribution >= 4 is 6.29 Å². The first-order chi connectivity index (χ1) is 9.20. The third-order valence-electron chi connectivity index (χ3n) is 6.51. The van der Waals surface area contributed by atoms with E-state index in [1.165, 1.54) is 38.4 Å². The summed E-state index contributed by atoms with van der Waals surface area (Å²) in [4.78, 5) is 14.6. The van der Waals surface area contributed by atoms with Gasteiger partial charge in [-0.05, 0) is 75.8 Å². The molecule has 3 atom stereocenters. The van der Waals surface area contributed by atoms with Gasteiger partial charge in [0.25, 0.3) is 0 Å². The zero-order chi connectivity index (χ0) is 13.0. The fourth-order valence-electron chi connectivity index (χ4n) is 6.10. The molecule has 106 valence electrons. The van der Waals surface area contributed by atoms with E-state index in [0.29, 0.717) is 12.1 Å². The third kappa shape index (κ3) is 1.81. The van der Waals surface area contributed by atoms with Gasteiger partial charge < -0.3 is 10.5 Å². The van der Waals surface area contributed by atoms with Gasteiger partial charge in [0.1, 0.15) is 6.29 Å². The Morgan fingerprint density at radius 1 is 1.05 bits per heavy atom. The van der Waals surface area contributed by atoms with Gasteiger partial charge in [0.05, 0.1) is 0 Å². The molecule has 5 fully saturated rings. The van der Waals surface area contributed by atoms with E-state index in [-0.39, 0.29) is 5.41 Å². The van der Waals surface area contributed by atoms with Crippen LogP contribution in [0.15, 0.2) is 0 Å².